The lowest BCUT2D eigenvalue weighted by atomic mass is 10.3. The van der Waals surface area contributed by atoms with Crippen LogP contribution in [0.15, 0.2) is 35.4 Å². The highest BCUT2D eigenvalue weighted by atomic mass is 32.1. The Morgan fingerprint density at radius 1 is 1.55 bits per heavy atom. The first kappa shape index (κ1) is 14.6. The topological polar surface area (TPSA) is 79.8 Å². The third-order valence-corrected chi connectivity index (χ3v) is 4.61. The molecular formula is C14H12N4O2S2. The summed E-state index contributed by atoms with van der Waals surface area (Å²) < 4.78 is 1.21. The van der Waals surface area contributed by atoms with Crippen LogP contribution in [0.5, 0.6) is 0 Å². The molecule has 0 spiro atoms. The summed E-state index contributed by atoms with van der Waals surface area (Å²) >= 11 is 6.66. The van der Waals surface area contributed by atoms with E-state index in [1.165, 1.54) is 17.5 Å². The third kappa shape index (κ3) is 2.58. The number of amides is 1. The van der Waals surface area contributed by atoms with Gasteiger partial charge in [-0.15, -0.1) is 11.3 Å². The molecule has 6 nitrogen and oxygen atoms in total. The second-order valence-electron chi connectivity index (χ2n) is 4.56. The quantitative estimate of drug-likeness (QED) is 0.722. The molecule has 0 aromatic carbocycles. The maximum absolute atomic E-state index is 12.5. The summed E-state index contributed by atoms with van der Waals surface area (Å²) in [5.74, 6) is -0.444. The van der Waals surface area contributed by atoms with Gasteiger partial charge in [-0.2, -0.15) is 4.68 Å². The van der Waals surface area contributed by atoms with Crippen molar-refractivity contribution in [3.8, 4) is 0 Å². The molecule has 0 unspecified atom stereocenters. The summed E-state index contributed by atoms with van der Waals surface area (Å²) in [6.07, 6.45) is 3.83. The highest BCUT2D eigenvalue weighted by Crippen LogP contribution is 2.21. The molecule has 3 aromatic heterocycles. The van der Waals surface area contributed by atoms with Crippen LogP contribution in [0.4, 0.5) is 0 Å². The zero-order valence-electron chi connectivity index (χ0n) is 11.6. The summed E-state index contributed by atoms with van der Waals surface area (Å²) in [6.45, 7) is 2.02. The van der Waals surface area contributed by atoms with E-state index >= 15 is 0 Å². The van der Waals surface area contributed by atoms with Crippen LogP contribution in [0, 0.1) is 4.77 Å². The lowest BCUT2D eigenvalue weighted by molar-refractivity contribution is 0.101. The number of fused-ring (bicyclic) bond motifs is 1. The highest BCUT2D eigenvalue weighted by Gasteiger charge is 2.12. The number of carbonyl (C=O) groups excluding carboxylic acids is 1. The largest absolute Gasteiger partial charge is 0.322 e. The Bertz CT molecular complexity index is 956. The average molecular weight is 332 g/mol. The van der Waals surface area contributed by atoms with Crippen LogP contribution >= 0.6 is 23.6 Å². The van der Waals surface area contributed by atoms with Gasteiger partial charge in [0.2, 0.25) is 4.77 Å². The van der Waals surface area contributed by atoms with Gasteiger partial charge in [0.25, 0.3) is 11.5 Å². The molecule has 0 radical (unpaired) electrons. The van der Waals surface area contributed by atoms with Crippen molar-refractivity contribution in [2.24, 2.45) is 0 Å². The molecule has 3 aromatic rings. The molecule has 0 fully saturated rings. The summed E-state index contributed by atoms with van der Waals surface area (Å²) in [7, 11) is 0. The van der Waals surface area contributed by atoms with Crippen LogP contribution in [0.25, 0.3) is 10.2 Å². The Kier molecular flexibility index (Phi) is 3.86. The van der Waals surface area contributed by atoms with Crippen molar-refractivity contribution in [3.05, 3.63) is 56.2 Å². The summed E-state index contributed by atoms with van der Waals surface area (Å²) in [5, 5.41) is 0.516. The monoisotopic (exact) mass is 332 g/mol. The highest BCUT2D eigenvalue weighted by molar-refractivity contribution is 7.71. The van der Waals surface area contributed by atoms with E-state index in [1.807, 2.05) is 13.0 Å². The van der Waals surface area contributed by atoms with Gasteiger partial charge in [-0.1, -0.05) is 6.92 Å². The average Bonchev–Trinajstić information content (AvgIpc) is 2.95. The first-order valence-electron chi connectivity index (χ1n) is 6.59. The smallest absolute Gasteiger partial charge is 0.282 e. The van der Waals surface area contributed by atoms with E-state index in [9.17, 15) is 9.59 Å². The molecular weight excluding hydrogens is 320 g/mol. The van der Waals surface area contributed by atoms with Crippen LogP contribution in [0.1, 0.15) is 22.2 Å². The van der Waals surface area contributed by atoms with Gasteiger partial charge in [-0.25, -0.2) is 0 Å². The number of aryl methyl sites for hydroxylation is 1. The number of hydrogen-bond acceptors (Lipinski definition) is 5. The predicted molar refractivity (Wildman–Crippen MR) is 88.6 cm³/mol. The Balaban J connectivity index is 2.06. The molecule has 0 aliphatic rings. The Labute approximate surface area is 134 Å². The van der Waals surface area contributed by atoms with Crippen LogP contribution in [-0.2, 0) is 6.42 Å². The van der Waals surface area contributed by atoms with Crippen LogP contribution in [0.3, 0.4) is 0 Å². The maximum Gasteiger partial charge on any atom is 0.282 e. The Morgan fingerprint density at radius 2 is 2.36 bits per heavy atom. The molecule has 2 N–H and O–H groups in total. The maximum atomic E-state index is 12.5. The minimum Gasteiger partial charge on any atom is -0.322 e. The van der Waals surface area contributed by atoms with Gasteiger partial charge in [0, 0.05) is 17.3 Å². The zero-order valence-corrected chi connectivity index (χ0v) is 13.3. The van der Waals surface area contributed by atoms with Gasteiger partial charge in [0.05, 0.1) is 10.9 Å². The van der Waals surface area contributed by atoms with E-state index < -0.39 is 5.91 Å². The first-order chi connectivity index (χ1) is 10.6. The summed E-state index contributed by atoms with van der Waals surface area (Å²) in [4.78, 5) is 33.3. The molecule has 112 valence electrons. The van der Waals surface area contributed by atoms with E-state index in [1.54, 1.807) is 18.3 Å². The standard InChI is InChI=1S/C14H12N4O2S2/c1-2-9-6-10-12(22-9)16-14(21)18(13(10)20)17-11(19)8-4-3-5-15-7-8/h3-7H,2H2,1H3,(H,16,21)(H,17,19). The second kappa shape index (κ2) is 5.82. The van der Waals surface area contributed by atoms with E-state index in [2.05, 4.69) is 15.4 Å². The van der Waals surface area contributed by atoms with Gasteiger partial charge in [0.1, 0.15) is 4.83 Å². The summed E-state index contributed by atoms with van der Waals surface area (Å²) in [5.41, 5.74) is 2.52. The van der Waals surface area contributed by atoms with Crippen molar-refractivity contribution < 1.29 is 4.79 Å². The van der Waals surface area contributed by atoms with E-state index in [0.29, 0.717) is 10.9 Å². The van der Waals surface area contributed by atoms with Crippen molar-refractivity contribution in [2.45, 2.75) is 13.3 Å². The first-order valence-corrected chi connectivity index (χ1v) is 7.81. The van der Waals surface area contributed by atoms with Crippen molar-refractivity contribution in [1.29, 1.82) is 0 Å². The molecule has 22 heavy (non-hydrogen) atoms. The number of nitrogens with zero attached hydrogens (tertiary/aromatic N) is 2. The zero-order chi connectivity index (χ0) is 15.7. The molecule has 0 aliphatic heterocycles. The minimum absolute atomic E-state index is 0.152. The Hall–Kier alpha value is -2.32. The molecule has 8 heteroatoms. The van der Waals surface area contributed by atoms with Crippen molar-refractivity contribution in [3.63, 3.8) is 0 Å². The number of aromatic amines is 1. The van der Waals surface area contributed by atoms with Crippen molar-refractivity contribution in [1.82, 2.24) is 14.6 Å². The Morgan fingerprint density at radius 3 is 3.05 bits per heavy atom. The molecule has 0 aliphatic carbocycles. The van der Waals surface area contributed by atoms with E-state index in [0.717, 1.165) is 20.8 Å². The molecule has 0 saturated heterocycles. The minimum atomic E-state index is -0.444. The lowest BCUT2D eigenvalue weighted by Gasteiger charge is -2.08. The molecule has 3 heterocycles. The number of carbonyl (C=O) groups is 1. The predicted octanol–water partition coefficient (Wildman–Crippen LogP) is 2.46. The SMILES string of the molecule is CCc1cc2c(=O)n(NC(=O)c3cccnc3)c(=S)[nH]c2s1. The molecule has 1 amide bonds. The van der Waals surface area contributed by atoms with Crippen LogP contribution in [0.2, 0.25) is 0 Å². The fourth-order valence-electron chi connectivity index (χ4n) is 2.00. The van der Waals surface area contributed by atoms with Gasteiger partial charge < -0.3 is 4.98 Å². The summed E-state index contributed by atoms with van der Waals surface area (Å²) in [6, 6.07) is 5.08. The number of aromatic nitrogens is 3. The fourth-order valence-corrected chi connectivity index (χ4v) is 3.28. The van der Waals surface area contributed by atoms with Crippen LogP contribution in [-0.4, -0.2) is 20.6 Å². The van der Waals surface area contributed by atoms with Crippen LogP contribution < -0.4 is 11.0 Å². The number of nitrogens with one attached hydrogen (secondary N) is 2. The van der Waals surface area contributed by atoms with Gasteiger partial charge in [-0.05, 0) is 36.8 Å². The van der Waals surface area contributed by atoms with Crippen molar-refractivity contribution >= 4 is 39.7 Å². The van der Waals surface area contributed by atoms with Gasteiger partial charge >= 0.3 is 0 Å². The third-order valence-electron chi connectivity index (χ3n) is 3.13. The number of rotatable bonds is 3. The number of hydrogen-bond donors (Lipinski definition) is 2. The number of H-pyrrole nitrogens is 1. The molecule has 0 atom stereocenters. The van der Waals surface area contributed by atoms with E-state index in [-0.39, 0.29) is 10.3 Å². The van der Waals surface area contributed by atoms with E-state index in [4.69, 9.17) is 12.2 Å². The normalized spacial score (nSPS) is 10.8. The molecule has 0 bridgehead atoms. The lowest BCUT2D eigenvalue weighted by Crippen LogP contribution is -2.34. The molecule has 0 saturated carbocycles. The van der Waals surface area contributed by atoms with Crippen molar-refractivity contribution in [2.75, 3.05) is 5.43 Å². The number of thiophene rings is 1. The second-order valence-corrected chi connectivity index (χ2v) is 6.09. The fraction of sp³-hybridized carbons (Fsp3) is 0.143. The van der Waals surface area contributed by atoms with Gasteiger partial charge in [0.15, 0.2) is 0 Å². The number of pyridine rings is 1. The van der Waals surface area contributed by atoms with Gasteiger partial charge in [-0.3, -0.25) is 20.0 Å². The molecule has 3 rings (SSSR count).